The highest BCUT2D eigenvalue weighted by Crippen LogP contribution is 2.27. The Balaban J connectivity index is 2.07. The van der Waals surface area contributed by atoms with Gasteiger partial charge in [0.05, 0.1) is 26.7 Å². The molecule has 24 heavy (non-hydrogen) atoms. The van der Waals surface area contributed by atoms with Crippen molar-refractivity contribution < 1.29 is 14.3 Å². The van der Waals surface area contributed by atoms with Gasteiger partial charge in [0, 0.05) is 21.7 Å². The summed E-state index contributed by atoms with van der Waals surface area (Å²) in [5.74, 6) is 1.16. The Morgan fingerprint density at radius 1 is 1.12 bits per heavy atom. The molecule has 1 N–H and O–H groups in total. The van der Waals surface area contributed by atoms with Crippen LogP contribution in [0.2, 0.25) is 10.0 Å². The number of nitrogens with one attached hydrogen (secondary N) is 1. The second kappa shape index (κ2) is 8.27. The van der Waals surface area contributed by atoms with Gasteiger partial charge in [-0.3, -0.25) is 4.79 Å². The first-order valence-corrected chi connectivity index (χ1v) is 8.15. The van der Waals surface area contributed by atoms with Gasteiger partial charge in [0.25, 0.3) is 0 Å². The average Bonchev–Trinajstić information content (AvgIpc) is 2.54. The first-order valence-electron chi connectivity index (χ1n) is 7.39. The van der Waals surface area contributed by atoms with Gasteiger partial charge in [0.2, 0.25) is 5.91 Å². The zero-order chi connectivity index (χ0) is 17.7. The van der Waals surface area contributed by atoms with E-state index in [9.17, 15) is 4.79 Å². The third kappa shape index (κ3) is 4.56. The van der Waals surface area contributed by atoms with E-state index in [1.54, 1.807) is 38.5 Å². The summed E-state index contributed by atoms with van der Waals surface area (Å²) in [6.07, 6.45) is 0.197. The molecule has 0 unspecified atom stereocenters. The molecular formula is C18H19Cl2NO3. The molecule has 2 aromatic carbocycles. The second-order valence-electron chi connectivity index (χ2n) is 5.31. The Labute approximate surface area is 151 Å². The van der Waals surface area contributed by atoms with Crippen LogP contribution in [0.5, 0.6) is 11.5 Å². The summed E-state index contributed by atoms with van der Waals surface area (Å²) in [7, 11) is 3.14. The van der Waals surface area contributed by atoms with Crippen LogP contribution in [0.3, 0.4) is 0 Å². The van der Waals surface area contributed by atoms with E-state index in [-0.39, 0.29) is 18.4 Å². The van der Waals surface area contributed by atoms with Crippen LogP contribution >= 0.6 is 23.2 Å². The van der Waals surface area contributed by atoms with Gasteiger partial charge in [-0.05, 0) is 30.7 Å². The Hall–Kier alpha value is -1.91. The molecule has 6 heteroatoms. The summed E-state index contributed by atoms with van der Waals surface area (Å²) in [4.78, 5) is 12.3. The van der Waals surface area contributed by atoms with Crippen molar-refractivity contribution in [3.63, 3.8) is 0 Å². The molecule has 0 bridgehead atoms. The van der Waals surface area contributed by atoms with Gasteiger partial charge in [-0.2, -0.15) is 0 Å². The smallest absolute Gasteiger partial charge is 0.225 e. The maximum atomic E-state index is 12.3. The topological polar surface area (TPSA) is 47.6 Å². The molecule has 0 saturated carbocycles. The van der Waals surface area contributed by atoms with Crippen molar-refractivity contribution in [3.8, 4) is 11.5 Å². The minimum Gasteiger partial charge on any atom is -0.497 e. The monoisotopic (exact) mass is 367 g/mol. The third-order valence-electron chi connectivity index (χ3n) is 3.65. The fourth-order valence-electron chi connectivity index (χ4n) is 2.39. The minimum absolute atomic E-state index is 0.128. The maximum absolute atomic E-state index is 12.3. The fraction of sp³-hybridized carbons (Fsp3) is 0.278. The Kier molecular flexibility index (Phi) is 6.35. The van der Waals surface area contributed by atoms with Crippen molar-refractivity contribution in [2.75, 3.05) is 14.2 Å². The van der Waals surface area contributed by atoms with Crippen LogP contribution in [0, 0.1) is 0 Å². The van der Waals surface area contributed by atoms with Crippen molar-refractivity contribution in [2.45, 2.75) is 19.4 Å². The highest BCUT2D eigenvalue weighted by molar-refractivity contribution is 6.35. The van der Waals surface area contributed by atoms with Crippen molar-refractivity contribution in [1.82, 2.24) is 5.32 Å². The Morgan fingerprint density at radius 2 is 1.88 bits per heavy atom. The summed E-state index contributed by atoms with van der Waals surface area (Å²) in [5, 5.41) is 4.02. The molecule has 4 nitrogen and oxygen atoms in total. The van der Waals surface area contributed by atoms with Crippen LogP contribution in [0.25, 0.3) is 0 Å². The number of carbonyl (C=O) groups is 1. The Bertz CT molecular complexity index is 734. The number of amides is 1. The number of methoxy groups -OCH3 is 2. The molecule has 128 valence electrons. The van der Waals surface area contributed by atoms with Gasteiger partial charge in [0.15, 0.2) is 0 Å². The number of halogens is 2. The molecule has 0 aliphatic carbocycles. The van der Waals surface area contributed by atoms with Crippen molar-refractivity contribution >= 4 is 29.1 Å². The number of benzene rings is 2. The molecule has 0 aromatic heterocycles. The van der Waals surface area contributed by atoms with Crippen molar-refractivity contribution in [3.05, 3.63) is 57.6 Å². The van der Waals surface area contributed by atoms with Crippen LogP contribution in [-0.4, -0.2) is 20.1 Å². The molecule has 2 aromatic rings. The van der Waals surface area contributed by atoms with Gasteiger partial charge >= 0.3 is 0 Å². The van der Waals surface area contributed by atoms with E-state index in [0.29, 0.717) is 21.5 Å². The first kappa shape index (κ1) is 18.4. The number of hydrogen-bond acceptors (Lipinski definition) is 3. The third-order valence-corrected chi connectivity index (χ3v) is 4.21. The summed E-state index contributed by atoms with van der Waals surface area (Å²) in [6, 6.07) is 10.4. The van der Waals surface area contributed by atoms with Gasteiger partial charge in [0.1, 0.15) is 11.5 Å². The standard InChI is InChI=1S/C18H19Cl2NO3/c1-11(15-7-5-13(19)9-16(15)20)21-18(22)8-12-4-6-14(23-2)10-17(12)24-3/h4-7,9-11H,8H2,1-3H3,(H,21,22)/t11-/m1/s1. The normalized spacial score (nSPS) is 11.7. The van der Waals surface area contributed by atoms with Gasteiger partial charge in [-0.1, -0.05) is 35.3 Å². The number of carbonyl (C=O) groups excluding carboxylic acids is 1. The summed E-state index contributed by atoms with van der Waals surface area (Å²) in [5.41, 5.74) is 1.60. The highest BCUT2D eigenvalue weighted by Gasteiger charge is 2.15. The lowest BCUT2D eigenvalue weighted by Gasteiger charge is -2.17. The van der Waals surface area contributed by atoms with Crippen LogP contribution in [0.4, 0.5) is 0 Å². The van der Waals surface area contributed by atoms with Crippen LogP contribution in [0.1, 0.15) is 24.1 Å². The van der Waals surface area contributed by atoms with E-state index >= 15 is 0 Å². The largest absolute Gasteiger partial charge is 0.497 e. The minimum atomic E-state index is -0.230. The molecule has 0 radical (unpaired) electrons. The predicted molar refractivity (Wildman–Crippen MR) is 96.3 cm³/mol. The molecule has 1 amide bonds. The van der Waals surface area contributed by atoms with E-state index in [0.717, 1.165) is 11.1 Å². The quantitative estimate of drug-likeness (QED) is 0.821. The predicted octanol–water partition coefficient (Wildman–Crippen LogP) is 4.43. The van der Waals surface area contributed by atoms with E-state index in [1.807, 2.05) is 19.1 Å². The second-order valence-corrected chi connectivity index (χ2v) is 6.15. The van der Waals surface area contributed by atoms with Crippen molar-refractivity contribution in [2.24, 2.45) is 0 Å². The van der Waals surface area contributed by atoms with E-state index in [1.165, 1.54) is 0 Å². The first-order chi connectivity index (χ1) is 11.4. The highest BCUT2D eigenvalue weighted by atomic mass is 35.5. The number of hydrogen-bond donors (Lipinski definition) is 1. The molecular weight excluding hydrogens is 349 g/mol. The van der Waals surface area contributed by atoms with Gasteiger partial charge in [-0.25, -0.2) is 0 Å². The van der Waals surface area contributed by atoms with Gasteiger partial charge < -0.3 is 14.8 Å². The van der Waals surface area contributed by atoms with E-state index in [2.05, 4.69) is 5.32 Å². The summed E-state index contributed by atoms with van der Waals surface area (Å²) >= 11 is 12.1. The molecule has 0 aliphatic heterocycles. The Morgan fingerprint density at radius 3 is 2.50 bits per heavy atom. The average molecular weight is 368 g/mol. The SMILES string of the molecule is COc1ccc(CC(=O)N[C@H](C)c2ccc(Cl)cc2Cl)c(OC)c1. The molecule has 0 spiro atoms. The zero-order valence-electron chi connectivity index (χ0n) is 13.7. The lowest BCUT2D eigenvalue weighted by molar-refractivity contribution is -0.121. The molecule has 0 fully saturated rings. The zero-order valence-corrected chi connectivity index (χ0v) is 15.2. The van der Waals surface area contributed by atoms with Crippen LogP contribution < -0.4 is 14.8 Å². The van der Waals surface area contributed by atoms with Crippen LogP contribution in [-0.2, 0) is 11.2 Å². The van der Waals surface area contributed by atoms with Crippen molar-refractivity contribution in [1.29, 1.82) is 0 Å². The number of rotatable bonds is 6. The lowest BCUT2D eigenvalue weighted by atomic mass is 10.1. The van der Waals surface area contributed by atoms with E-state index in [4.69, 9.17) is 32.7 Å². The number of ether oxygens (including phenoxy) is 2. The fourth-order valence-corrected chi connectivity index (χ4v) is 2.97. The van der Waals surface area contributed by atoms with E-state index < -0.39 is 0 Å². The van der Waals surface area contributed by atoms with Gasteiger partial charge in [-0.15, -0.1) is 0 Å². The maximum Gasteiger partial charge on any atom is 0.225 e. The summed E-state index contributed by atoms with van der Waals surface area (Å²) < 4.78 is 10.5. The molecule has 0 heterocycles. The lowest BCUT2D eigenvalue weighted by Crippen LogP contribution is -2.28. The molecule has 0 saturated heterocycles. The molecule has 1 atom stereocenters. The molecule has 2 rings (SSSR count). The molecule has 0 aliphatic rings. The van der Waals surface area contributed by atoms with Crippen LogP contribution in [0.15, 0.2) is 36.4 Å². The summed E-state index contributed by atoms with van der Waals surface area (Å²) in [6.45, 7) is 1.87.